The van der Waals surface area contributed by atoms with Gasteiger partial charge in [0.2, 0.25) is 0 Å². The zero-order valence-electron chi connectivity index (χ0n) is 12.3. The van der Waals surface area contributed by atoms with Crippen molar-refractivity contribution in [1.29, 1.82) is 0 Å². The predicted octanol–water partition coefficient (Wildman–Crippen LogP) is -0.795. The fourth-order valence-electron chi connectivity index (χ4n) is 1.84. The van der Waals surface area contributed by atoms with Crippen LogP contribution in [0.15, 0.2) is 23.2 Å². The Bertz CT molecular complexity index is 564. The van der Waals surface area contributed by atoms with Crippen molar-refractivity contribution in [3.05, 3.63) is 28.8 Å². The lowest BCUT2D eigenvalue weighted by Crippen LogP contribution is -2.46. The first-order valence-corrected chi connectivity index (χ1v) is 6.72. The Morgan fingerprint density at radius 2 is 1.90 bits per heavy atom. The minimum atomic E-state index is -0.561. The minimum absolute atomic E-state index is 0.412. The van der Waals surface area contributed by atoms with Crippen LogP contribution in [0.5, 0.6) is 5.75 Å². The molecule has 0 aromatic heterocycles. The fourth-order valence-corrected chi connectivity index (χ4v) is 1.84. The van der Waals surface area contributed by atoms with Gasteiger partial charge in [-0.1, -0.05) is 0 Å². The maximum Gasteiger partial charge on any atom is 0.197 e. The molecule has 116 valence electrons. The molecule has 0 saturated heterocycles. The molecule has 0 spiro atoms. The van der Waals surface area contributed by atoms with Crippen LogP contribution in [0.1, 0.15) is 0 Å². The maximum atomic E-state index is 5.93. The van der Waals surface area contributed by atoms with Crippen molar-refractivity contribution in [3.63, 3.8) is 0 Å². The van der Waals surface area contributed by atoms with Gasteiger partial charge < -0.3 is 14.2 Å². The molecule has 1 atom stereocenters. The lowest BCUT2D eigenvalue weighted by atomic mass is 10.2. The second-order valence-corrected chi connectivity index (χ2v) is 4.42. The van der Waals surface area contributed by atoms with Crippen LogP contribution in [0.25, 0.3) is 6.20 Å². The molecule has 0 aliphatic carbocycles. The zero-order chi connectivity index (χ0) is 15.1. The highest BCUT2D eigenvalue weighted by Gasteiger charge is 2.14. The largest absolute Gasteiger partial charge is 0.491 e. The SMILES string of the molecule is COCCOc1ccc2c(c1)=CN(OCCOC)C(N)N=2. The highest BCUT2D eigenvalue weighted by atomic mass is 16.7. The Morgan fingerprint density at radius 1 is 1.14 bits per heavy atom. The first-order valence-electron chi connectivity index (χ1n) is 6.72. The van der Waals surface area contributed by atoms with Crippen LogP contribution >= 0.6 is 0 Å². The summed E-state index contributed by atoms with van der Waals surface area (Å²) in [7, 11) is 3.26. The molecule has 7 heteroatoms. The molecule has 1 aromatic rings. The first kappa shape index (κ1) is 15.7. The number of ether oxygens (including phenoxy) is 3. The quantitative estimate of drug-likeness (QED) is 0.633. The normalized spacial score (nSPS) is 16.9. The van der Waals surface area contributed by atoms with Gasteiger partial charge in [-0.15, -0.1) is 0 Å². The molecule has 1 unspecified atom stereocenters. The van der Waals surface area contributed by atoms with Crippen molar-refractivity contribution in [2.75, 3.05) is 40.6 Å². The summed E-state index contributed by atoms with van der Waals surface area (Å²) >= 11 is 0. The Balaban J connectivity index is 2.11. The van der Waals surface area contributed by atoms with E-state index in [2.05, 4.69) is 4.99 Å². The predicted molar refractivity (Wildman–Crippen MR) is 76.7 cm³/mol. The van der Waals surface area contributed by atoms with Crippen molar-refractivity contribution < 1.29 is 19.0 Å². The van der Waals surface area contributed by atoms with E-state index < -0.39 is 6.29 Å². The van der Waals surface area contributed by atoms with Crippen molar-refractivity contribution >= 4 is 6.20 Å². The summed E-state index contributed by atoms with van der Waals surface area (Å²) in [6, 6.07) is 5.63. The molecule has 0 amide bonds. The average Bonchev–Trinajstić information content (AvgIpc) is 2.48. The summed E-state index contributed by atoms with van der Waals surface area (Å²) in [5.74, 6) is 0.754. The molecule has 1 aliphatic rings. The van der Waals surface area contributed by atoms with Gasteiger partial charge in [0.25, 0.3) is 0 Å². The standard InChI is InChI=1S/C14H21N3O4/c1-18-5-7-20-12-3-4-13-11(9-12)10-17(14(15)16-13)21-8-6-19-2/h3-4,9-10,14H,5-8,15H2,1-2H3. The second-order valence-electron chi connectivity index (χ2n) is 4.42. The molecule has 1 aliphatic heterocycles. The van der Waals surface area contributed by atoms with Crippen molar-refractivity contribution in [1.82, 2.24) is 5.06 Å². The monoisotopic (exact) mass is 295 g/mol. The lowest BCUT2D eigenvalue weighted by molar-refractivity contribution is -0.142. The highest BCUT2D eigenvalue weighted by Crippen LogP contribution is 2.06. The number of hydrogen-bond acceptors (Lipinski definition) is 7. The molecule has 2 N–H and O–H groups in total. The number of rotatable bonds is 8. The molecule has 1 heterocycles. The number of hydrogen-bond donors (Lipinski definition) is 1. The van der Waals surface area contributed by atoms with Gasteiger partial charge >= 0.3 is 0 Å². The average molecular weight is 295 g/mol. The van der Waals surface area contributed by atoms with E-state index in [1.165, 1.54) is 5.06 Å². The number of benzene rings is 1. The van der Waals surface area contributed by atoms with Gasteiger partial charge in [-0.05, 0) is 18.2 Å². The highest BCUT2D eigenvalue weighted by molar-refractivity contribution is 5.30. The maximum absolute atomic E-state index is 5.93. The van der Waals surface area contributed by atoms with Crippen molar-refractivity contribution in [2.45, 2.75) is 6.29 Å². The second kappa shape index (κ2) is 7.94. The number of hydroxylamine groups is 2. The van der Waals surface area contributed by atoms with E-state index in [9.17, 15) is 0 Å². The molecule has 7 nitrogen and oxygen atoms in total. The molecule has 0 saturated carbocycles. The van der Waals surface area contributed by atoms with Crippen LogP contribution in [0.4, 0.5) is 0 Å². The van der Waals surface area contributed by atoms with E-state index in [0.29, 0.717) is 26.4 Å². The third kappa shape index (κ3) is 4.40. The van der Waals surface area contributed by atoms with Gasteiger partial charge in [0.1, 0.15) is 12.4 Å². The Morgan fingerprint density at radius 3 is 2.67 bits per heavy atom. The zero-order valence-corrected chi connectivity index (χ0v) is 12.3. The van der Waals surface area contributed by atoms with E-state index in [-0.39, 0.29) is 0 Å². The Kier molecular flexibility index (Phi) is 5.94. The summed E-state index contributed by atoms with van der Waals surface area (Å²) in [6.45, 7) is 1.95. The van der Waals surface area contributed by atoms with Gasteiger partial charge in [-0.3, -0.25) is 10.6 Å². The molecule has 2 rings (SSSR count). The van der Waals surface area contributed by atoms with Gasteiger partial charge in [0, 0.05) is 25.6 Å². The third-order valence-corrected chi connectivity index (χ3v) is 2.88. The summed E-state index contributed by atoms with van der Waals surface area (Å²) in [5, 5.41) is 3.22. The summed E-state index contributed by atoms with van der Waals surface area (Å²) in [6.07, 6.45) is 1.25. The third-order valence-electron chi connectivity index (χ3n) is 2.88. The number of nitrogens with zero attached hydrogens (tertiary/aromatic N) is 2. The lowest BCUT2D eigenvalue weighted by Gasteiger charge is -2.25. The van der Waals surface area contributed by atoms with Gasteiger partial charge in [0.05, 0.1) is 25.2 Å². The number of methoxy groups -OCH3 is 2. The molecule has 0 radical (unpaired) electrons. The smallest absolute Gasteiger partial charge is 0.197 e. The number of fused-ring (bicyclic) bond motifs is 1. The van der Waals surface area contributed by atoms with Crippen molar-refractivity contribution in [2.24, 2.45) is 10.7 Å². The Hall–Kier alpha value is -1.67. The summed E-state index contributed by atoms with van der Waals surface area (Å²) < 4.78 is 15.5. The van der Waals surface area contributed by atoms with E-state index >= 15 is 0 Å². The summed E-state index contributed by atoms with van der Waals surface area (Å²) in [5.41, 5.74) is 5.93. The molecular weight excluding hydrogens is 274 g/mol. The molecular formula is C14H21N3O4. The van der Waals surface area contributed by atoms with Crippen LogP contribution in [0.3, 0.4) is 0 Å². The van der Waals surface area contributed by atoms with Crippen LogP contribution in [-0.2, 0) is 14.3 Å². The summed E-state index contributed by atoms with van der Waals surface area (Å²) in [4.78, 5) is 9.87. The van der Waals surface area contributed by atoms with E-state index in [4.69, 9.17) is 24.8 Å². The Labute approximate surface area is 123 Å². The molecule has 0 bridgehead atoms. The number of nitrogens with two attached hydrogens (primary N) is 1. The van der Waals surface area contributed by atoms with Gasteiger partial charge in [-0.2, -0.15) is 0 Å². The fraction of sp³-hybridized carbons (Fsp3) is 0.500. The van der Waals surface area contributed by atoms with E-state index in [1.54, 1.807) is 14.2 Å². The van der Waals surface area contributed by atoms with Crippen LogP contribution in [-0.4, -0.2) is 52.0 Å². The van der Waals surface area contributed by atoms with Crippen molar-refractivity contribution in [3.8, 4) is 5.75 Å². The molecule has 0 fully saturated rings. The van der Waals surface area contributed by atoms with Crippen LogP contribution in [0, 0.1) is 0 Å². The van der Waals surface area contributed by atoms with Crippen LogP contribution in [0.2, 0.25) is 0 Å². The minimum Gasteiger partial charge on any atom is -0.491 e. The molecule has 21 heavy (non-hydrogen) atoms. The topological polar surface area (TPSA) is 78.5 Å². The van der Waals surface area contributed by atoms with E-state index in [1.807, 2.05) is 24.4 Å². The van der Waals surface area contributed by atoms with Crippen LogP contribution < -0.4 is 21.0 Å². The molecule has 1 aromatic carbocycles. The van der Waals surface area contributed by atoms with E-state index in [0.717, 1.165) is 16.3 Å². The van der Waals surface area contributed by atoms with Gasteiger partial charge in [0.15, 0.2) is 6.29 Å². The van der Waals surface area contributed by atoms with Gasteiger partial charge in [-0.25, -0.2) is 10.1 Å². The first-order chi connectivity index (χ1) is 10.2.